The van der Waals surface area contributed by atoms with Crippen LogP contribution in [0.1, 0.15) is 21.0 Å². The number of aromatic nitrogens is 2. The molecule has 0 radical (unpaired) electrons. The van der Waals surface area contributed by atoms with Crippen molar-refractivity contribution in [1.82, 2.24) is 9.97 Å². The summed E-state index contributed by atoms with van der Waals surface area (Å²) in [7, 11) is 0. The normalized spacial score (nSPS) is 9.71. The maximum atomic E-state index is 10.9. The van der Waals surface area contributed by atoms with Gasteiger partial charge in [-0.05, 0) is 0 Å². The summed E-state index contributed by atoms with van der Waals surface area (Å²) in [5.41, 5.74) is 2.10. The van der Waals surface area contributed by atoms with Crippen LogP contribution in [0.4, 0.5) is 0 Å². The van der Waals surface area contributed by atoms with E-state index in [-0.39, 0.29) is 0 Å². The van der Waals surface area contributed by atoms with Gasteiger partial charge in [0.2, 0.25) is 11.6 Å². The topological polar surface area (TPSA) is 146 Å². The number of hydrogen-bond acceptors (Lipinski definition) is 5. The fraction of sp³-hybridized carbons (Fsp3) is 0. The number of carbonyl (C=O) groups is 2. The first-order valence-electron chi connectivity index (χ1n) is 3.30. The van der Waals surface area contributed by atoms with Crippen LogP contribution >= 0.6 is 0 Å². The standard InChI is InChI=1S/C6H5N3O5/c7-3(10)1-4(11)9-5(12)2(8-1)6(13)14/h(H2,7,10)(H,13,14)(H2,9,11,12). The van der Waals surface area contributed by atoms with Crippen molar-refractivity contribution in [3.63, 3.8) is 0 Å². The monoisotopic (exact) mass is 199 g/mol. The van der Waals surface area contributed by atoms with Crippen molar-refractivity contribution in [3.8, 4) is 5.88 Å². The maximum Gasteiger partial charge on any atom is 0.360 e. The molecule has 0 aliphatic carbocycles. The SMILES string of the molecule is NC(=O)c1nc(C(=O)O)c(O)[nH]c1=O. The molecule has 0 aromatic carbocycles. The number of primary amides is 1. The molecule has 0 saturated heterocycles. The lowest BCUT2D eigenvalue weighted by atomic mass is 10.3. The first kappa shape index (κ1) is 9.71. The Bertz CT molecular complexity index is 463. The maximum absolute atomic E-state index is 10.9. The fourth-order valence-corrected chi connectivity index (χ4v) is 0.758. The smallest absolute Gasteiger partial charge is 0.360 e. The van der Waals surface area contributed by atoms with E-state index in [0.717, 1.165) is 0 Å². The molecule has 0 atom stereocenters. The van der Waals surface area contributed by atoms with E-state index in [1.54, 1.807) is 4.98 Å². The molecular weight excluding hydrogens is 194 g/mol. The van der Waals surface area contributed by atoms with Gasteiger partial charge in [-0.25, -0.2) is 9.78 Å². The van der Waals surface area contributed by atoms with Crippen LogP contribution in [-0.4, -0.2) is 32.1 Å². The van der Waals surface area contributed by atoms with E-state index in [1.807, 2.05) is 0 Å². The largest absolute Gasteiger partial charge is 0.493 e. The summed E-state index contributed by atoms with van der Waals surface area (Å²) in [6.45, 7) is 0. The average molecular weight is 199 g/mol. The Morgan fingerprint density at radius 2 is 1.93 bits per heavy atom. The van der Waals surface area contributed by atoms with Crippen molar-refractivity contribution >= 4 is 11.9 Å². The molecule has 0 aliphatic rings. The zero-order chi connectivity index (χ0) is 10.9. The summed E-state index contributed by atoms with van der Waals surface area (Å²) < 4.78 is 0. The summed E-state index contributed by atoms with van der Waals surface area (Å²) >= 11 is 0. The molecule has 1 aromatic heterocycles. The van der Waals surface area contributed by atoms with Crippen LogP contribution in [-0.2, 0) is 0 Å². The molecule has 1 amide bonds. The molecule has 14 heavy (non-hydrogen) atoms. The molecule has 1 aromatic rings. The number of nitrogens with one attached hydrogen (secondary N) is 1. The summed E-state index contributed by atoms with van der Waals surface area (Å²) in [6.07, 6.45) is 0. The van der Waals surface area contributed by atoms with Gasteiger partial charge in [-0.15, -0.1) is 0 Å². The van der Waals surface area contributed by atoms with Crippen LogP contribution < -0.4 is 11.3 Å². The molecule has 0 spiro atoms. The van der Waals surface area contributed by atoms with Gasteiger partial charge in [0.05, 0.1) is 0 Å². The molecular formula is C6H5N3O5. The zero-order valence-corrected chi connectivity index (χ0v) is 6.64. The molecule has 0 bridgehead atoms. The van der Waals surface area contributed by atoms with Gasteiger partial charge in [-0.2, -0.15) is 0 Å². The van der Waals surface area contributed by atoms with Gasteiger partial charge >= 0.3 is 5.97 Å². The van der Waals surface area contributed by atoms with Crippen LogP contribution in [0, 0.1) is 0 Å². The summed E-state index contributed by atoms with van der Waals surface area (Å²) in [5, 5.41) is 17.4. The van der Waals surface area contributed by atoms with E-state index >= 15 is 0 Å². The van der Waals surface area contributed by atoms with Crippen LogP contribution in [0.2, 0.25) is 0 Å². The Hall–Kier alpha value is -2.38. The lowest BCUT2D eigenvalue weighted by molar-refractivity contribution is 0.0685. The second-order valence-corrected chi connectivity index (χ2v) is 2.28. The lowest BCUT2D eigenvalue weighted by Crippen LogP contribution is -2.27. The highest BCUT2D eigenvalue weighted by molar-refractivity contribution is 5.93. The van der Waals surface area contributed by atoms with E-state index in [9.17, 15) is 14.4 Å². The molecule has 1 heterocycles. The summed E-state index contributed by atoms with van der Waals surface area (Å²) in [5.74, 6) is -3.68. The van der Waals surface area contributed by atoms with Crippen molar-refractivity contribution in [2.45, 2.75) is 0 Å². The molecule has 74 valence electrons. The number of nitrogens with two attached hydrogens (primary N) is 1. The first-order chi connectivity index (χ1) is 6.43. The van der Waals surface area contributed by atoms with Crippen LogP contribution in [0.15, 0.2) is 4.79 Å². The van der Waals surface area contributed by atoms with Gasteiger partial charge in [0.15, 0.2) is 5.69 Å². The zero-order valence-electron chi connectivity index (χ0n) is 6.64. The van der Waals surface area contributed by atoms with Crippen molar-refractivity contribution in [2.75, 3.05) is 0 Å². The average Bonchev–Trinajstić information content (AvgIpc) is 2.02. The van der Waals surface area contributed by atoms with E-state index in [0.29, 0.717) is 0 Å². The van der Waals surface area contributed by atoms with Gasteiger partial charge in [0.1, 0.15) is 0 Å². The van der Waals surface area contributed by atoms with Crippen molar-refractivity contribution in [3.05, 3.63) is 21.7 Å². The highest BCUT2D eigenvalue weighted by Crippen LogP contribution is 2.07. The van der Waals surface area contributed by atoms with Crippen LogP contribution in [0.5, 0.6) is 5.88 Å². The number of carboxylic acid groups (broad SMARTS) is 1. The van der Waals surface area contributed by atoms with E-state index in [2.05, 4.69) is 4.98 Å². The Balaban J connectivity index is 3.50. The lowest BCUT2D eigenvalue weighted by Gasteiger charge is -1.99. The Kier molecular flexibility index (Phi) is 2.19. The second kappa shape index (κ2) is 3.17. The minimum Gasteiger partial charge on any atom is -0.493 e. The van der Waals surface area contributed by atoms with E-state index in [1.165, 1.54) is 0 Å². The van der Waals surface area contributed by atoms with Crippen LogP contribution in [0.25, 0.3) is 0 Å². The molecule has 0 unspecified atom stereocenters. The van der Waals surface area contributed by atoms with Gasteiger partial charge in [0, 0.05) is 0 Å². The number of aromatic amines is 1. The molecule has 8 heteroatoms. The predicted octanol–water partition coefficient (Wildman–Crippen LogP) is -1.73. The highest BCUT2D eigenvalue weighted by Gasteiger charge is 2.18. The number of hydrogen-bond donors (Lipinski definition) is 4. The second-order valence-electron chi connectivity index (χ2n) is 2.28. The quantitative estimate of drug-likeness (QED) is 0.445. The molecule has 8 nitrogen and oxygen atoms in total. The molecule has 1 rings (SSSR count). The third kappa shape index (κ3) is 1.53. The number of carboxylic acids is 1. The Morgan fingerprint density at radius 3 is 2.36 bits per heavy atom. The van der Waals surface area contributed by atoms with Crippen LogP contribution in [0.3, 0.4) is 0 Å². The van der Waals surface area contributed by atoms with Gasteiger partial charge in [-0.3, -0.25) is 14.6 Å². The fourth-order valence-electron chi connectivity index (χ4n) is 0.758. The number of amides is 1. The molecule has 5 N–H and O–H groups in total. The third-order valence-corrected chi connectivity index (χ3v) is 1.33. The van der Waals surface area contributed by atoms with Crippen molar-refractivity contribution < 1.29 is 19.8 Å². The third-order valence-electron chi connectivity index (χ3n) is 1.33. The van der Waals surface area contributed by atoms with Gasteiger partial charge in [-0.1, -0.05) is 0 Å². The summed E-state index contributed by atoms with van der Waals surface area (Å²) in [4.78, 5) is 36.7. The number of aromatic hydroxyl groups is 1. The van der Waals surface area contributed by atoms with Crippen molar-refractivity contribution in [1.29, 1.82) is 0 Å². The number of H-pyrrole nitrogens is 1. The Labute approximate surface area is 76.0 Å². The molecule has 0 saturated carbocycles. The molecule has 0 aliphatic heterocycles. The first-order valence-corrected chi connectivity index (χ1v) is 3.30. The number of aromatic carboxylic acids is 1. The predicted molar refractivity (Wildman–Crippen MR) is 42.0 cm³/mol. The summed E-state index contributed by atoms with van der Waals surface area (Å²) in [6, 6.07) is 0. The minimum absolute atomic E-state index is 0.764. The van der Waals surface area contributed by atoms with Gasteiger partial charge in [0.25, 0.3) is 11.5 Å². The van der Waals surface area contributed by atoms with Crippen molar-refractivity contribution in [2.24, 2.45) is 5.73 Å². The van der Waals surface area contributed by atoms with E-state index < -0.39 is 34.7 Å². The van der Waals surface area contributed by atoms with E-state index in [4.69, 9.17) is 15.9 Å². The number of carbonyl (C=O) groups excluding carboxylic acids is 1. The molecule has 0 fully saturated rings. The highest BCUT2D eigenvalue weighted by atomic mass is 16.4. The van der Waals surface area contributed by atoms with Gasteiger partial charge < -0.3 is 15.9 Å². The Morgan fingerprint density at radius 1 is 1.36 bits per heavy atom. The number of rotatable bonds is 2. The number of nitrogens with zero attached hydrogens (tertiary/aromatic N) is 1. The minimum atomic E-state index is -1.58.